The Morgan fingerprint density at radius 3 is 3.28 bits per heavy atom. The molecule has 0 fully saturated rings. The first-order valence-electron chi connectivity index (χ1n) is 6.54. The van der Waals surface area contributed by atoms with Crippen LogP contribution in [0.15, 0.2) is 24.9 Å². The van der Waals surface area contributed by atoms with Crippen LogP contribution in [0, 0.1) is 0 Å². The van der Waals surface area contributed by atoms with Crippen molar-refractivity contribution >= 4 is 0 Å². The van der Waals surface area contributed by atoms with E-state index in [1.807, 2.05) is 36.6 Å². The minimum atomic E-state index is 0.464. The number of rotatable bonds is 4. The summed E-state index contributed by atoms with van der Waals surface area (Å²) >= 11 is 0. The molecule has 0 saturated carbocycles. The Balaban J connectivity index is 1.60. The molecular formula is C13H19N5. The van der Waals surface area contributed by atoms with Crippen molar-refractivity contribution in [1.29, 1.82) is 0 Å². The third-order valence-electron chi connectivity index (χ3n) is 3.70. The number of hydrogen-bond acceptors (Lipinski definition) is 3. The van der Waals surface area contributed by atoms with E-state index in [0.29, 0.717) is 6.04 Å². The SMILES string of the molecule is Cn1ncc2c1CCCC2NCCn1ccnc1. The maximum absolute atomic E-state index is 4.37. The molecule has 0 aliphatic heterocycles. The molecular weight excluding hydrogens is 226 g/mol. The van der Waals surface area contributed by atoms with Gasteiger partial charge < -0.3 is 9.88 Å². The molecule has 1 aliphatic rings. The van der Waals surface area contributed by atoms with Gasteiger partial charge in [0, 0.05) is 49.8 Å². The summed E-state index contributed by atoms with van der Waals surface area (Å²) in [6.07, 6.45) is 11.3. The van der Waals surface area contributed by atoms with Crippen LogP contribution in [0.1, 0.15) is 30.1 Å². The molecule has 0 spiro atoms. The molecule has 1 atom stereocenters. The van der Waals surface area contributed by atoms with E-state index in [0.717, 1.165) is 19.5 Å². The van der Waals surface area contributed by atoms with Gasteiger partial charge in [-0.05, 0) is 19.3 Å². The molecule has 0 aromatic carbocycles. The molecule has 2 heterocycles. The summed E-state index contributed by atoms with van der Waals surface area (Å²) in [5.74, 6) is 0. The lowest BCUT2D eigenvalue weighted by molar-refractivity contribution is 0.440. The Morgan fingerprint density at radius 1 is 1.50 bits per heavy atom. The zero-order chi connectivity index (χ0) is 12.4. The minimum Gasteiger partial charge on any atom is -0.336 e. The van der Waals surface area contributed by atoms with Crippen LogP contribution in [0.2, 0.25) is 0 Å². The van der Waals surface area contributed by atoms with Crippen molar-refractivity contribution in [2.45, 2.75) is 31.8 Å². The van der Waals surface area contributed by atoms with Gasteiger partial charge in [0.15, 0.2) is 0 Å². The maximum Gasteiger partial charge on any atom is 0.0946 e. The molecule has 5 nitrogen and oxygen atoms in total. The predicted molar refractivity (Wildman–Crippen MR) is 69.1 cm³/mol. The molecule has 1 unspecified atom stereocenters. The quantitative estimate of drug-likeness (QED) is 0.883. The van der Waals surface area contributed by atoms with Gasteiger partial charge in [-0.3, -0.25) is 4.68 Å². The van der Waals surface area contributed by atoms with Crippen molar-refractivity contribution in [3.8, 4) is 0 Å². The molecule has 5 heteroatoms. The topological polar surface area (TPSA) is 47.7 Å². The van der Waals surface area contributed by atoms with Crippen LogP contribution in [-0.4, -0.2) is 25.9 Å². The fraction of sp³-hybridized carbons (Fsp3) is 0.538. The smallest absolute Gasteiger partial charge is 0.0946 e. The van der Waals surface area contributed by atoms with E-state index in [1.54, 1.807) is 0 Å². The van der Waals surface area contributed by atoms with Crippen molar-refractivity contribution in [3.63, 3.8) is 0 Å². The molecule has 2 aromatic rings. The highest BCUT2D eigenvalue weighted by Crippen LogP contribution is 2.28. The van der Waals surface area contributed by atoms with E-state index < -0.39 is 0 Å². The number of aryl methyl sites for hydroxylation is 1. The van der Waals surface area contributed by atoms with Crippen LogP contribution in [0.25, 0.3) is 0 Å². The molecule has 1 aliphatic carbocycles. The lowest BCUT2D eigenvalue weighted by Gasteiger charge is -2.24. The Kier molecular flexibility index (Phi) is 3.15. The summed E-state index contributed by atoms with van der Waals surface area (Å²) in [6.45, 7) is 1.93. The lowest BCUT2D eigenvalue weighted by atomic mass is 9.93. The Morgan fingerprint density at radius 2 is 2.44 bits per heavy atom. The summed E-state index contributed by atoms with van der Waals surface area (Å²) in [5.41, 5.74) is 2.77. The average Bonchev–Trinajstić information content (AvgIpc) is 3.01. The Bertz CT molecular complexity index is 499. The second-order valence-corrected chi connectivity index (χ2v) is 4.87. The number of aromatic nitrogens is 4. The van der Waals surface area contributed by atoms with E-state index >= 15 is 0 Å². The molecule has 0 amide bonds. The highest BCUT2D eigenvalue weighted by Gasteiger charge is 2.22. The number of nitrogens with zero attached hydrogens (tertiary/aromatic N) is 4. The van der Waals surface area contributed by atoms with Crippen molar-refractivity contribution in [3.05, 3.63) is 36.2 Å². The summed E-state index contributed by atoms with van der Waals surface area (Å²) in [6, 6.07) is 0.464. The van der Waals surface area contributed by atoms with E-state index in [-0.39, 0.29) is 0 Å². The van der Waals surface area contributed by atoms with Gasteiger partial charge in [-0.2, -0.15) is 5.10 Å². The normalized spacial score (nSPS) is 18.8. The van der Waals surface area contributed by atoms with Gasteiger partial charge in [-0.15, -0.1) is 0 Å². The van der Waals surface area contributed by atoms with Crippen LogP contribution >= 0.6 is 0 Å². The van der Waals surface area contributed by atoms with E-state index in [1.165, 1.54) is 24.1 Å². The van der Waals surface area contributed by atoms with Crippen LogP contribution in [-0.2, 0) is 20.0 Å². The summed E-state index contributed by atoms with van der Waals surface area (Å²) in [7, 11) is 2.03. The molecule has 18 heavy (non-hydrogen) atoms. The van der Waals surface area contributed by atoms with Crippen LogP contribution in [0.3, 0.4) is 0 Å². The molecule has 0 saturated heterocycles. The zero-order valence-corrected chi connectivity index (χ0v) is 10.7. The summed E-state index contributed by atoms with van der Waals surface area (Å²) in [4.78, 5) is 4.05. The van der Waals surface area contributed by atoms with Crippen LogP contribution < -0.4 is 5.32 Å². The van der Waals surface area contributed by atoms with Gasteiger partial charge in [-0.1, -0.05) is 0 Å². The first kappa shape index (κ1) is 11.5. The van der Waals surface area contributed by atoms with Gasteiger partial charge in [0.1, 0.15) is 0 Å². The van der Waals surface area contributed by atoms with Gasteiger partial charge in [0.2, 0.25) is 0 Å². The van der Waals surface area contributed by atoms with Crippen molar-refractivity contribution in [2.24, 2.45) is 7.05 Å². The largest absolute Gasteiger partial charge is 0.336 e. The first-order valence-corrected chi connectivity index (χ1v) is 6.54. The standard InChI is InChI=1S/C13H19N5/c1-17-13-4-2-3-12(11(13)9-16-17)15-6-8-18-7-5-14-10-18/h5,7,9-10,12,15H,2-4,6,8H2,1H3. The lowest BCUT2D eigenvalue weighted by Crippen LogP contribution is -2.28. The van der Waals surface area contributed by atoms with Gasteiger partial charge in [-0.25, -0.2) is 4.98 Å². The number of hydrogen-bond donors (Lipinski definition) is 1. The third-order valence-corrected chi connectivity index (χ3v) is 3.70. The minimum absolute atomic E-state index is 0.464. The van der Waals surface area contributed by atoms with Gasteiger partial charge >= 0.3 is 0 Å². The number of imidazole rings is 1. The second-order valence-electron chi connectivity index (χ2n) is 4.87. The average molecular weight is 245 g/mol. The summed E-state index contributed by atoms with van der Waals surface area (Å²) < 4.78 is 4.11. The molecule has 2 aromatic heterocycles. The molecule has 96 valence electrons. The predicted octanol–water partition coefficient (Wildman–Crippen LogP) is 1.28. The molecule has 0 bridgehead atoms. The number of fused-ring (bicyclic) bond motifs is 1. The molecule has 1 N–H and O–H groups in total. The zero-order valence-electron chi connectivity index (χ0n) is 10.7. The van der Waals surface area contributed by atoms with Crippen molar-refractivity contribution in [2.75, 3.05) is 6.54 Å². The second kappa shape index (κ2) is 4.94. The molecule has 3 rings (SSSR count). The highest BCUT2D eigenvalue weighted by molar-refractivity contribution is 5.24. The van der Waals surface area contributed by atoms with Crippen molar-refractivity contribution < 1.29 is 0 Å². The van der Waals surface area contributed by atoms with Gasteiger partial charge in [0.05, 0.1) is 12.5 Å². The Hall–Kier alpha value is -1.62. The van der Waals surface area contributed by atoms with Crippen LogP contribution in [0.4, 0.5) is 0 Å². The fourth-order valence-corrected chi connectivity index (χ4v) is 2.71. The van der Waals surface area contributed by atoms with E-state index in [2.05, 4.69) is 20.0 Å². The van der Waals surface area contributed by atoms with Gasteiger partial charge in [0.25, 0.3) is 0 Å². The van der Waals surface area contributed by atoms with Crippen molar-refractivity contribution in [1.82, 2.24) is 24.6 Å². The number of nitrogens with one attached hydrogen (secondary N) is 1. The maximum atomic E-state index is 4.37. The third kappa shape index (κ3) is 2.18. The van der Waals surface area contributed by atoms with E-state index in [9.17, 15) is 0 Å². The first-order chi connectivity index (χ1) is 8.84. The van der Waals surface area contributed by atoms with E-state index in [4.69, 9.17) is 0 Å². The fourth-order valence-electron chi connectivity index (χ4n) is 2.71. The highest BCUT2D eigenvalue weighted by atomic mass is 15.3. The Labute approximate surface area is 107 Å². The summed E-state index contributed by atoms with van der Waals surface area (Å²) in [5, 5.41) is 8.00. The molecule has 0 radical (unpaired) electrons. The van der Waals surface area contributed by atoms with Crippen LogP contribution in [0.5, 0.6) is 0 Å². The monoisotopic (exact) mass is 245 g/mol.